The molecule has 2 heterocycles. The van der Waals surface area contributed by atoms with Gasteiger partial charge in [0.2, 0.25) is 11.8 Å². The molecule has 23 heavy (non-hydrogen) atoms. The van der Waals surface area contributed by atoms with Gasteiger partial charge in [0.25, 0.3) is 0 Å². The van der Waals surface area contributed by atoms with E-state index in [4.69, 9.17) is 0 Å². The lowest BCUT2D eigenvalue weighted by atomic mass is 10.1. The number of aryl methyl sites for hydroxylation is 1. The molecule has 1 saturated heterocycles. The molecule has 0 spiro atoms. The van der Waals surface area contributed by atoms with Crippen molar-refractivity contribution in [3.63, 3.8) is 0 Å². The maximum atomic E-state index is 11.8. The molecule has 0 bridgehead atoms. The summed E-state index contributed by atoms with van der Waals surface area (Å²) in [5.41, 5.74) is 1.18. The Labute approximate surface area is 137 Å². The lowest BCUT2D eigenvalue weighted by molar-refractivity contribution is -0.147. The van der Waals surface area contributed by atoms with E-state index >= 15 is 0 Å². The Morgan fingerprint density at radius 3 is 2.61 bits per heavy atom. The predicted molar refractivity (Wildman–Crippen MR) is 88.8 cm³/mol. The van der Waals surface area contributed by atoms with E-state index in [1.54, 1.807) is 7.05 Å². The Morgan fingerprint density at radius 1 is 1.35 bits per heavy atom. The highest BCUT2D eigenvalue weighted by Crippen LogP contribution is 2.11. The predicted octanol–water partition coefficient (Wildman–Crippen LogP) is 0.571. The van der Waals surface area contributed by atoms with Crippen LogP contribution in [0.4, 0.5) is 0 Å². The van der Waals surface area contributed by atoms with Gasteiger partial charge in [0.05, 0.1) is 6.54 Å². The van der Waals surface area contributed by atoms with Gasteiger partial charge in [0.15, 0.2) is 5.96 Å². The Morgan fingerprint density at radius 2 is 2.04 bits per heavy atom. The van der Waals surface area contributed by atoms with E-state index in [1.165, 1.54) is 10.6 Å². The molecule has 0 aliphatic carbocycles. The van der Waals surface area contributed by atoms with Crippen LogP contribution in [0.3, 0.4) is 0 Å². The zero-order valence-electron chi connectivity index (χ0n) is 14.1. The van der Waals surface area contributed by atoms with Gasteiger partial charge in [0, 0.05) is 59.0 Å². The number of aromatic nitrogens is 1. The molecule has 1 N–H and O–H groups in total. The number of rotatable bonds is 5. The van der Waals surface area contributed by atoms with Crippen molar-refractivity contribution >= 4 is 17.8 Å². The summed E-state index contributed by atoms with van der Waals surface area (Å²) in [7, 11) is 5.69. The minimum atomic E-state index is -0.0739. The second kappa shape index (κ2) is 7.80. The first-order valence-corrected chi connectivity index (χ1v) is 7.88. The van der Waals surface area contributed by atoms with Gasteiger partial charge in [-0.2, -0.15) is 0 Å². The minimum Gasteiger partial charge on any atom is -0.354 e. The van der Waals surface area contributed by atoms with Crippen LogP contribution in [0.2, 0.25) is 0 Å². The third-order valence-electron chi connectivity index (χ3n) is 4.03. The average molecular weight is 319 g/mol. The highest BCUT2D eigenvalue weighted by atomic mass is 16.2. The average Bonchev–Trinajstić information content (AvgIpc) is 2.91. The van der Waals surface area contributed by atoms with Gasteiger partial charge in [-0.1, -0.05) is 0 Å². The normalized spacial score (nSPS) is 16.0. The molecule has 1 aromatic rings. The van der Waals surface area contributed by atoms with Gasteiger partial charge < -0.3 is 14.8 Å². The smallest absolute Gasteiger partial charge is 0.229 e. The number of hydrogen-bond acceptors (Lipinski definition) is 3. The molecule has 2 rings (SSSR count). The second-order valence-electron chi connectivity index (χ2n) is 5.73. The summed E-state index contributed by atoms with van der Waals surface area (Å²) in [6.45, 7) is 1.61. The van der Waals surface area contributed by atoms with Gasteiger partial charge >= 0.3 is 0 Å². The number of hydrogen-bond donors (Lipinski definition) is 1. The minimum absolute atomic E-state index is 0.0739. The van der Waals surface area contributed by atoms with E-state index in [1.807, 2.05) is 31.3 Å². The summed E-state index contributed by atoms with van der Waals surface area (Å²) in [5.74, 6) is 0.591. The summed E-state index contributed by atoms with van der Waals surface area (Å²) >= 11 is 0. The first-order chi connectivity index (χ1) is 11.0. The molecule has 126 valence electrons. The molecule has 0 atom stereocenters. The fraction of sp³-hybridized carbons (Fsp3) is 0.562. The summed E-state index contributed by atoms with van der Waals surface area (Å²) < 4.78 is 2.06. The lowest BCUT2D eigenvalue weighted by Gasteiger charge is -2.26. The van der Waals surface area contributed by atoms with E-state index in [-0.39, 0.29) is 11.8 Å². The number of nitrogens with zero attached hydrogens (tertiary/aromatic N) is 4. The largest absolute Gasteiger partial charge is 0.354 e. The van der Waals surface area contributed by atoms with E-state index in [0.29, 0.717) is 32.4 Å². The Balaban J connectivity index is 1.84. The van der Waals surface area contributed by atoms with Crippen LogP contribution in [0.5, 0.6) is 0 Å². The van der Waals surface area contributed by atoms with Crippen LogP contribution in [0.1, 0.15) is 25.0 Å². The SMILES string of the molecule is CN=C(NCCN1C(=O)CCCC1=O)N(C)Cc1cccn1C. The molecule has 1 fully saturated rings. The molecular weight excluding hydrogens is 294 g/mol. The number of guanidine groups is 1. The van der Waals surface area contributed by atoms with Crippen LogP contribution >= 0.6 is 0 Å². The van der Waals surface area contributed by atoms with Crippen molar-refractivity contribution in [1.82, 2.24) is 19.7 Å². The summed E-state index contributed by atoms with van der Waals surface area (Å²) in [6.07, 6.45) is 3.61. The Kier molecular flexibility index (Phi) is 5.78. The number of carbonyl (C=O) groups is 2. The van der Waals surface area contributed by atoms with Gasteiger partial charge in [-0.15, -0.1) is 0 Å². The standard InChI is InChI=1S/C16H25N5O2/c1-17-16(20(3)12-13-6-5-10-19(13)2)18-9-11-21-14(22)7-4-8-15(21)23/h5-6,10H,4,7-9,11-12H2,1-3H3,(H,17,18). The van der Waals surface area contributed by atoms with Crippen molar-refractivity contribution in [2.75, 3.05) is 27.2 Å². The molecule has 2 amide bonds. The third kappa shape index (κ3) is 4.34. The molecule has 7 heteroatoms. The molecule has 1 aromatic heterocycles. The zero-order valence-corrected chi connectivity index (χ0v) is 14.1. The van der Waals surface area contributed by atoms with Crippen LogP contribution in [0.15, 0.2) is 23.3 Å². The number of carbonyl (C=O) groups excluding carboxylic acids is 2. The van der Waals surface area contributed by atoms with Crippen molar-refractivity contribution in [3.8, 4) is 0 Å². The van der Waals surface area contributed by atoms with Crippen LogP contribution in [-0.4, -0.2) is 59.3 Å². The summed E-state index contributed by atoms with van der Waals surface area (Å²) in [4.78, 5) is 31.1. The molecule has 1 aliphatic rings. The van der Waals surface area contributed by atoms with E-state index in [9.17, 15) is 9.59 Å². The van der Waals surface area contributed by atoms with Gasteiger partial charge in [-0.05, 0) is 18.6 Å². The van der Waals surface area contributed by atoms with E-state index in [2.05, 4.69) is 20.9 Å². The molecule has 0 radical (unpaired) electrons. The Bertz CT molecular complexity index is 577. The van der Waals surface area contributed by atoms with Crippen molar-refractivity contribution in [3.05, 3.63) is 24.0 Å². The van der Waals surface area contributed by atoms with Gasteiger partial charge in [-0.3, -0.25) is 19.5 Å². The van der Waals surface area contributed by atoms with Crippen LogP contribution in [-0.2, 0) is 23.2 Å². The second-order valence-corrected chi connectivity index (χ2v) is 5.73. The third-order valence-corrected chi connectivity index (χ3v) is 4.03. The zero-order chi connectivity index (χ0) is 16.8. The molecule has 1 aliphatic heterocycles. The van der Waals surface area contributed by atoms with Gasteiger partial charge in [-0.25, -0.2) is 0 Å². The molecular formula is C16H25N5O2. The monoisotopic (exact) mass is 319 g/mol. The molecule has 7 nitrogen and oxygen atoms in total. The summed E-state index contributed by atoms with van der Waals surface area (Å²) in [6, 6.07) is 4.07. The molecule has 0 saturated carbocycles. The number of imide groups is 1. The first-order valence-electron chi connectivity index (χ1n) is 7.88. The highest BCUT2D eigenvalue weighted by molar-refractivity contribution is 5.97. The first kappa shape index (κ1) is 17.1. The van der Waals surface area contributed by atoms with Crippen molar-refractivity contribution in [1.29, 1.82) is 0 Å². The fourth-order valence-corrected chi connectivity index (χ4v) is 2.69. The fourth-order valence-electron chi connectivity index (χ4n) is 2.69. The topological polar surface area (TPSA) is 69.9 Å². The van der Waals surface area contributed by atoms with Crippen molar-refractivity contribution < 1.29 is 9.59 Å². The van der Waals surface area contributed by atoms with Crippen LogP contribution < -0.4 is 5.32 Å². The maximum absolute atomic E-state index is 11.8. The quantitative estimate of drug-likeness (QED) is 0.489. The van der Waals surface area contributed by atoms with E-state index < -0.39 is 0 Å². The molecule has 0 aromatic carbocycles. The van der Waals surface area contributed by atoms with E-state index in [0.717, 1.165) is 12.5 Å². The number of amides is 2. The van der Waals surface area contributed by atoms with Crippen molar-refractivity contribution in [2.24, 2.45) is 12.0 Å². The lowest BCUT2D eigenvalue weighted by Crippen LogP contribution is -2.46. The van der Waals surface area contributed by atoms with Crippen LogP contribution in [0, 0.1) is 0 Å². The van der Waals surface area contributed by atoms with Crippen LogP contribution in [0.25, 0.3) is 0 Å². The number of nitrogens with one attached hydrogen (secondary N) is 1. The summed E-state index contributed by atoms with van der Waals surface area (Å²) in [5, 5.41) is 3.21. The maximum Gasteiger partial charge on any atom is 0.229 e. The molecule has 0 unspecified atom stereocenters. The van der Waals surface area contributed by atoms with Gasteiger partial charge in [0.1, 0.15) is 0 Å². The number of aliphatic imine (C=N–C) groups is 1. The van der Waals surface area contributed by atoms with Crippen molar-refractivity contribution in [2.45, 2.75) is 25.8 Å². The highest BCUT2D eigenvalue weighted by Gasteiger charge is 2.25. The number of piperidine rings is 1. The Hall–Kier alpha value is -2.31. The number of likely N-dealkylation sites (tertiary alicyclic amines) is 1.